The summed E-state index contributed by atoms with van der Waals surface area (Å²) in [5.41, 5.74) is 3.85. The van der Waals surface area contributed by atoms with E-state index in [2.05, 4.69) is 76.3 Å². The highest BCUT2D eigenvalue weighted by Crippen LogP contribution is 2.22. The van der Waals surface area contributed by atoms with Crippen LogP contribution in [-0.2, 0) is 13.1 Å². The lowest BCUT2D eigenvalue weighted by atomic mass is 10.1. The van der Waals surface area contributed by atoms with Crippen LogP contribution in [0.3, 0.4) is 0 Å². The first-order valence-electron chi connectivity index (χ1n) is 7.18. The number of alkyl halides is 1. The summed E-state index contributed by atoms with van der Waals surface area (Å²) in [6, 6.07) is 17.0. The Kier molecular flexibility index (Phi) is 6.27. The van der Waals surface area contributed by atoms with E-state index in [4.69, 9.17) is 4.74 Å². The van der Waals surface area contributed by atoms with Crippen LogP contribution in [0.5, 0.6) is 5.75 Å². The van der Waals surface area contributed by atoms with Crippen molar-refractivity contribution >= 4 is 15.9 Å². The van der Waals surface area contributed by atoms with Crippen molar-refractivity contribution in [3.8, 4) is 5.75 Å². The summed E-state index contributed by atoms with van der Waals surface area (Å²) in [7, 11) is 1.74. The van der Waals surface area contributed by atoms with Crippen molar-refractivity contribution in [1.82, 2.24) is 4.90 Å². The number of aryl methyl sites for hydroxylation is 1. The van der Waals surface area contributed by atoms with Gasteiger partial charge in [0.2, 0.25) is 0 Å². The van der Waals surface area contributed by atoms with Crippen molar-refractivity contribution in [1.29, 1.82) is 0 Å². The zero-order chi connectivity index (χ0) is 15.1. The molecule has 2 aromatic rings. The van der Waals surface area contributed by atoms with E-state index < -0.39 is 0 Å². The summed E-state index contributed by atoms with van der Waals surface area (Å²) in [6.07, 6.45) is 0. The van der Waals surface area contributed by atoms with Crippen LogP contribution in [0.1, 0.15) is 16.7 Å². The molecule has 0 aliphatic carbocycles. The molecule has 3 heteroatoms. The molecule has 0 spiro atoms. The minimum Gasteiger partial charge on any atom is -0.496 e. The van der Waals surface area contributed by atoms with Crippen molar-refractivity contribution in [2.75, 3.05) is 19.0 Å². The molecule has 0 heterocycles. The largest absolute Gasteiger partial charge is 0.496 e. The van der Waals surface area contributed by atoms with Gasteiger partial charge in [-0.25, -0.2) is 0 Å². The zero-order valence-corrected chi connectivity index (χ0v) is 14.3. The highest BCUT2D eigenvalue weighted by atomic mass is 79.9. The van der Waals surface area contributed by atoms with Gasteiger partial charge in [0.15, 0.2) is 0 Å². The van der Waals surface area contributed by atoms with Gasteiger partial charge in [-0.15, -0.1) is 0 Å². The van der Waals surface area contributed by atoms with Crippen LogP contribution < -0.4 is 4.74 Å². The average Bonchev–Trinajstić information content (AvgIpc) is 2.49. The van der Waals surface area contributed by atoms with Crippen LogP contribution >= 0.6 is 15.9 Å². The lowest BCUT2D eigenvalue weighted by Crippen LogP contribution is -2.25. The topological polar surface area (TPSA) is 12.5 Å². The van der Waals surface area contributed by atoms with Gasteiger partial charge in [0.25, 0.3) is 0 Å². The van der Waals surface area contributed by atoms with Gasteiger partial charge in [0.05, 0.1) is 7.11 Å². The molecular weight excluding hydrogens is 326 g/mol. The Morgan fingerprint density at radius 3 is 2.48 bits per heavy atom. The number of rotatable bonds is 7. The molecule has 0 bridgehead atoms. The Morgan fingerprint density at radius 1 is 1.05 bits per heavy atom. The molecule has 0 unspecified atom stereocenters. The second kappa shape index (κ2) is 8.20. The maximum Gasteiger partial charge on any atom is 0.123 e. The normalized spacial score (nSPS) is 10.9. The summed E-state index contributed by atoms with van der Waals surface area (Å²) < 4.78 is 5.49. The number of hydrogen-bond acceptors (Lipinski definition) is 2. The highest BCUT2D eigenvalue weighted by Gasteiger charge is 2.10. The molecule has 2 aromatic carbocycles. The lowest BCUT2D eigenvalue weighted by Gasteiger charge is -2.23. The van der Waals surface area contributed by atoms with E-state index in [1.807, 2.05) is 0 Å². The second-order valence-electron chi connectivity index (χ2n) is 5.20. The zero-order valence-electron chi connectivity index (χ0n) is 12.7. The second-order valence-corrected chi connectivity index (χ2v) is 5.99. The van der Waals surface area contributed by atoms with Crippen LogP contribution in [-0.4, -0.2) is 23.9 Å². The van der Waals surface area contributed by atoms with E-state index in [9.17, 15) is 0 Å². The molecule has 21 heavy (non-hydrogen) atoms. The number of ether oxygens (including phenoxy) is 1. The summed E-state index contributed by atoms with van der Waals surface area (Å²) in [5, 5.41) is 0.966. The van der Waals surface area contributed by atoms with Gasteiger partial charge in [-0.2, -0.15) is 0 Å². The lowest BCUT2D eigenvalue weighted by molar-refractivity contribution is 0.269. The van der Waals surface area contributed by atoms with Crippen LogP contribution in [0.15, 0.2) is 48.5 Å². The molecule has 0 saturated heterocycles. The third-order valence-corrected chi connectivity index (χ3v) is 3.83. The number of methoxy groups -OCH3 is 1. The number of hydrogen-bond donors (Lipinski definition) is 0. The summed E-state index contributed by atoms with van der Waals surface area (Å²) >= 11 is 3.55. The first-order chi connectivity index (χ1) is 10.2. The molecular formula is C18H22BrNO. The number of halogens is 1. The van der Waals surface area contributed by atoms with Crippen LogP contribution in [0, 0.1) is 6.92 Å². The summed E-state index contributed by atoms with van der Waals surface area (Å²) in [5.74, 6) is 0.966. The minimum absolute atomic E-state index is 0.894. The first-order valence-corrected chi connectivity index (χ1v) is 8.31. The van der Waals surface area contributed by atoms with E-state index in [0.717, 1.165) is 30.7 Å². The van der Waals surface area contributed by atoms with Crippen molar-refractivity contribution in [2.24, 2.45) is 0 Å². The molecule has 0 N–H and O–H groups in total. The Bertz CT molecular complexity index is 556. The maximum absolute atomic E-state index is 5.49. The van der Waals surface area contributed by atoms with Gasteiger partial charge in [-0.3, -0.25) is 4.90 Å². The van der Waals surface area contributed by atoms with Crippen molar-refractivity contribution in [3.63, 3.8) is 0 Å². The van der Waals surface area contributed by atoms with Crippen LogP contribution in [0.2, 0.25) is 0 Å². The van der Waals surface area contributed by atoms with Gasteiger partial charge >= 0.3 is 0 Å². The first kappa shape index (κ1) is 16.1. The van der Waals surface area contributed by atoms with Gasteiger partial charge < -0.3 is 4.74 Å². The van der Waals surface area contributed by atoms with Crippen LogP contribution in [0.4, 0.5) is 0 Å². The van der Waals surface area contributed by atoms with Crippen molar-refractivity contribution in [2.45, 2.75) is 20.0 Å². The van der Waals surface area contributed by atoms with E-state index >= 15 is 0 Å². The van der Waals surface area contributed by atoms with Gasteiger partial charge in [0, 0.05) is 30.5 Å². The highest BCUT2D eigenvalue weighted by molar-refractivity contribution is 9.09. The van der Waals surface area contributed by atoms with E-state index in [0.29, 0.717) is 0 Å². The molecule has 0 saturated carbocycles. The number of benzene rings is 2. The standard InChI is InChI=1S/C18H22BrNO/c1-15-8-9-18(21-2)17(12-15)14-20(11-10-19)13-16-6-4-3-5-7-16/h3-9,12H,10-11,13-14H2,1-2H3. The van der Waals surface area contributed by atoms with Crippen molar-refractivity contribution < 1.29 is 4.74 Å². The smallest absolute Gasteiger partial charge is 0.123 e. The molecule has 0 radical (unpaired) electrons. The Hall–Kier alpha value is -1.32. The fourth-order valence-electron chi connectivity index (χ4n) is 2.45. The fourth-order valence-corrected chi connectivity index (χ4v) is 2.95. The van der Waals surface area contributed by atoms with E-state index in [-0.39, 0.29) is 0 Å². The number of nitrogens with zero attached hydrogens (tertiary/aromatic N) is 1. The predicted octanol–water partition coefficient (Wildman–Crippen LogP) is 4.40. The molecule has 0 aliphatic heterocycles. The molecule has 2 nitrogen and oxygen atoms in total. The van der Waals surface area contributed by atoms with E-state index in [1.54, 1.807) is 7.11 Å². The van der Waals surface area contributed by atoms with E-state index in [1.165, 1.54) is 16.7 Å². The fraction of sp³-hybridized carbons (Fsp3) is 0.333. The molecule has 0 atom stereocenters. The predicted molar refractivity (Wildman–Crippen MR) is 92.1 cm³/mol. The Balaban J connectivity index is 2.14. The molecule has 0 amide bonds. The average molecular weight is 348 g/mol. The van der Waals surface area contributed by atoms with Gasteiger partial charge in [-0.05, 0) is 18.6 Å². The molecule has 0 fully saturated rings. The quantitative estimate of drug-likeness (QED) is 0.688. The minimum atomic E-state index is 0.894. The van der Waals surface area contributed by atoms with Gasteiger partial charge in [0.1, 0.15) is 5.75 Å². The molecule has 0 aliphatic rings. The SMILES string of the molecule is COc1ccc(C)cc1CN(CCBr)Cc1ccccc1. The maximum atomic E-state index is 5.49. The van der Waals surface area contributed by atoms with Gasteiger partial charge in [-0.1, -0.05) is 64.0 Å². The third-order valence-electron chi connectivity index (χ3n) is 3.48. The van der Waals surface area contributed by atoms with Crippen LogP contribution in [0.25, 0.3) is 0 Å². The summed E-state index contributed by atoms with van der Waals surface area (Å²) in [6.45, 7) is 4.97. The Labute approximate surface area is 135 Å². The molecule has 0 aromatic heterocycles. The molecule has 112 valence electrons. The van der Waals surface area contributed by atoms with Crippen molar-refractivity contribution in [3.05, 3.63) is 65.2 Å². The summed E-state index contributed by atoms with van der Waals surface area (Å²) in [4.78, 5) is 2.43. The Morgan fingerprint density at radius 2 is 1.81 bits per heavy atom. The molecule has 2 rings (SSSR count). The third kappa shape index (κ3) is 4.87. The monoisotopic (exact) mass is 347 g/mol.